The smallest absolute Gasteiger partial charge is 0.344 e. The van der Waals surface area contributed by atoms with Gasteiger partial charge in [-0.25, -0.2) is 4.79 Å². The number of benzene rings is 2. The van der Waals surface area contributed by atoms with Gasteiger partial charge in [0.1, 0.15) is 5.75 Å². The van der Waals surface area contributed by atoms with E-state index < -0.39 is 5.97 Å². The monoisotopic (exact) mass is 355 g/mol. The first-order valence-corrected chi connectivity index (χ1v) is 8.82. The molecule has 0 saturated heterocycles. The van der Waals surface area contributed by atoms with Crippen LogP contribution in [0.3, 0.4) is 0 Å². The van der Waals surface area contributed by atoms with E-state index in [-0.39, 0.29) is 19.1 Å². The average molecular weight is 355 g/mol. The molecule has 0 aliphatic heterocycles. The second-order valence-electron chi connectivity index (χ2n) is 5.79. The van der Waals surface area contributed by atoms with Crippen molar-refractivity contribution < 1.29 is 19.1 Å². The van der Waals surface area contributed by atoms with Crippen LogP contribution >= 0.6 is 0 Å². The second-order valence-corrected chi connectivity index (χ2v) is 5.79. The summed E-state index contributed by atoms with van der Waals surface area (Å²) in [4.78, 5) is 25.3. The largest absolute Gasteiger partial charge is 0.482 e. The van der Waals surface area contributed by atoms with E-state index >= 15 is 0 Å². The number of para-hydroxylation sites is 1. The van der Waals surface area contributed by atoms with Crippen molar-refractivity contribution in [3.63, 3.8) is 0 Å². The molecule has 0 aliphatic rings. The van der Waals surface area contributed by atoms with Crippen LogP contribution in [-0.4, -0.2) is 43.1 Å². The molecular formula is C21H25NO4. The highest BCUT2D eigenvalue weighted by Crippen LogP contribution is 2.21. The van der Waals surface area contributed by atoms with Gasteiger partial charge in [-0.05, 0) is 31.0 Å². The maximum Gasteiger partial charge on any atom is 0.344 e. The van der Waals surface area contributed by atoms with Crippen molar-refractivity contribution in [2.24, 2.45) is 0 Å². The van der Waals surface area contributed by atoms with Gasteiger partial charge in [-0.3, -0.25) is 4.79 Å². The lowest BCUT2D eigenvalue weighted by Crippen LogP contribution is -2.34. The third-order valence-corrected chi connectivity index (χ3v) is 4.03. The minimum atomic E-state index is -0.556. The van der Waals surface area contributed by atoms with E-state index in [0.717, 1.165) is 11.1 Å². The molecule has 0 unspecified atom stereocenters. The highest BCUT2D eigenvalue weighted by Gasteiger charge is 2.13. The van der Waals surface area contributed by atoms with Gasteiger partial charge < -0.3 is 14.4 Å². The number of hydrogen-bond donors (Lipinski definition) is 0. The van der Waals surface area contributed by atoms with Crippen molar-refractivity contribution in [3.05, 3.63) is 65.7 Å². The van der Waals surface area contributed by atoms with Crippen LogP contribution in [-0.2, 0) is 20.7 Å². The zero-order valence-corrected chi connectivity index (χ0v) is 15.3. The number of ether oxygens (including phenoxy) is 2. The van der Waals surface area contributed by atoms with Crippen molar-refractivity contribution in [3.8, 4) is 5.75 Å². The Balaban J connectivity index is 1.87. The van der Waals surface area contributed by atoms with Crippen LogP contribution < -0.4 is 4.74 Å². The van der Waals surface area contributed by atoms with Crippen LogP contribution in [0.5, 0.6) is 5.75 Å². The highest BCUT2D eigenvalue weighted by atomic mass is 16.6. The fourth-order valence-corrected chi connectivity index (χ4v) is 2.59. The normalized spacial score (nSPS) is 10.2. The first-order valence-electron chi connectivity index (χ1n) is 8.82. The van der Waals surface area contributed by atoms with E-state index in [9.17, 15) is 9.59 Å². The molecule has 26 heavy (non-hydrogen) atoms. The number of carbonyl (C=O) groups is 2. The molecule has 5 heteroatoms. The van der Waals surface area contributed by atoms with E-state index in [1.165, 1.54) is 0 Å². The molecule has 5 nitrogen and oxygen atoms in total. The molecule has 0 radical (unpaired) electrons. The number of amides is 1. The Labute approximate surface area is 154 Å². The number of likely N-dealkylation sites (N-methyl/N-ethyl adjacent to an activating group) is 1. The zero-order valence-electron chi connectivity index (χ0n) is 15.3. The van der Waals surface area contributed by atoms with Gasteiger partial charge in [-0.2, -0.15) is 0 Å². The molecular weight excluding hydrogens is 330 g/mol. The van der Waals surface area contributed by atoms with Crippen LogP contribution in [0, 0.1) is 0 Å². The van der Waals surface area contributed by atoms with Gasteiger partial charge >= 0.3 is 5.97 Å². The third kappa shape index (κ3) is 5.92. The van der Waals surface area contributed by atoms with Gasteiger partial charge in [-0.15, -0.1) is 0 Å². The van der Waals surface area contributed by atoms with Gasteiger partial charge in [-0.1, -0.05) is 48.5 Å². The number of nitrogens with zero attached hydrogens (tertiary/aromatic N) is 1. The van der Waals surface area contributed by atoms with Gasteiger partial charge in [0.05, 0.1) is 0 Å². The average Bonchev–Trinajstić information content (AvgIpc) is 2.67. The van der Waals surface area contributed by atoms with Gasteiger partial charge in [0.2, 0.25) is 0 Å². The molecule has 138 valence electrons. The van der Waals surface area contributed by atoms with Gasteiger partial charge in [0.15, 0.2) is 13.2 Å². The van der Waals surface area contributed by atoms with Crippen molar-refractivity contribution in [2.45, 2.75) is 20.3 Å². The Hall–Kier alpha value is -2.82. The molecule has 2 aromatic carbocycles. The Morgan fingerprint density at radius 3 is 2.23 bits per heavy atom. The molecule has 0 atom stereocenters. The predicted octanol–water partition coefficient (Wildman–Crippen LogP) is 3.07. The molecule has 0 fully saturated rings. The summed E-state index contributed by atoms with van der Waals surface area (Å²) >= 11 is 0. The predicted molar refractivity (Wildman–Crippen MR) is 100 cm³/mol. The Morgan fingerprint density at radius 1 is 0.885 bits per heavy atom. The summed E-state index contributed by atoms with van der Waals surface area (Å²) in [7, 11) is 0. The van der Waals surface area contributed by atoms with Crippen LogP contribution in [0.1, 0.15) is 25.0 Å². The minimum Gasteiger partial charge on any atom is -0.482 e. The molecule has 2 aromatic rings. The van der Waals surface area contributed by atoms with E-state index in [1.807, 2.05) is 68.4 Å². The summed E-state index contributed by atoms with van der Waals surface area (Å²) in [5.74, 6) is -0.115. The minimum absolute atomic E-state index is 0.201. The van der Waals surface area contributed by atoms with Gasteiger partial charge in [0, 0.05) is 19.5 Å². The highest BCUT2D eigenvalue weighted by molar-refractivity contribution is 5.81. The Bertz CT molecular complexity index is 711. The molecule has 0 N–H and O–H groups in total. The second kappa shape index (κ2) is 10.2. The van der Waals surface area contributed by atoms with E-state index in [1.54, 1.807) is 4.90 Å². The summed E-state index contributed by atoms with van der Waals surface area (Å²) in [6, 6.07) is 17.6. The standard InChI is InChI=1S/C21H25NO4/c1-3-22(4-2)20(23)15-26-21(24)16-25-19-13-9-8-12-18(19)14-17-10-6-5-7-11-17/h5-13H,3-4,14-16H2,1-2H3. The molecule has 0 saturated carbocycles. The SMILES string of the molecule is CCN(CC)C(=O)COC(=O)COc1ccccc1Cc1ccccc1. The van der Waals surface area contributed by atoms with Crippen molar-refractivity contribution >= 4 is 11.9 Å². The number of esters is 1. The van der Waals surface area contributed by atoms with Crippen molar-refractivity contribution in [2.75, 3.05) is 26.3 Å². The zero-order chi connectivity index (χ0) is 18.8. The molecule has 0 aliphatic carbocycles. The summed E-state index contributed by atoms with van der Waals surface area (Å²) in [6.07, 6.45) is 0.715. The topological polar surface area (TPSA) is 55.8 Å². The lowest BCUT2D eigenvalue weighted by Gasteiger charge is -2.18. The first kappa shape index (κ1) is 19.5. The maximum atomic E-state index is 11.9. The van der Waals surface area contributed by atoms with Gasteiger partial charge in [0.25, 0.3) is 5.91 Å². The lowest BCUT2D eigenvalue weighted by atomic mass is 10.0. The number of rotatable bonds is 9. The van der Waals surface area contributed by atoms with Crippen LogP contribution in [0.2, 0.25) is 0 Å². The Kier molecular flexibility index (Phi) is 7.68. The lowest BCUT2D eigenvalue weighted by molar-refractivity contribution is -0.153. The Morgan fingerprint density at radius 2 is 1.54 bits per heavy atom. The maximum absolute atomic E-state index is 11.9. The van der Waals surface area contributed by atoms with Crippen LogP contribution in [0.25, 0.3) is 0 Å². The molecule has 0 heterocycles. The molecule has 1 amide bonds. The van der Waals surface area contributed by atoms with E-state index in [0.29, 0.717) is 25.3 Å². The third-order valence-electron chi connectivity index (χ3n) is 4.03. The summed E-state index contributed by atoms with van der Waals surface area (Å²) < 4.78 is 10.6. The molecule has 0 spiro atoms. The van der Waals surface area contributed by atoms with E-state index in [4.69, 9.17) is 9.47 Å². The summed E-state index contributed by atoms with van der Waals surface area (Å²) in [6.45, 7) is 4.48. The molecule has 0 aromatic heterocycles. The van der Waals surface area contributed by atoms with Crippen molar-refractivity contribution in [1.29, 1.82) is 0 Å². The summed E-state index contributed by atoms with van der Waals surface area (Å²) in [5.41, 5.74) is 2.15. The fourth-order valence-electron chi connectivity index (χ4n) is 2.59. The fraction of sp³-hybridized carbons (Fsp3) is 0.333. The quantitative estimate of drug-likeness (QED) is 0.649. The molecule has 0 bridgehead atoms. The number of hydrogen-bond acceptors (Lipinski definition) is 4. The first-order chi connectivity index (χ1) is 12.6. The van der Waals surface area contributed by atoms with E-state index in [2.05, 4.69) is 0 Å². The summed E-state index contributed by atoms with van der Waals surface area (Å²) in [5, 5.41) is 0. The number of carbonyl (C=O) groups excluding carboxylic acids is 2. The van der Waals surface area contributed by atoms with Crippen molar-refractivity contribution in [1.82, 2.24) is 4.90 Å². The molecule has 2 rings (SSSR count). The van der Waals surface area contributed by atoms with Crippen LogP contribution in [0.15, 0.2) is 54.6 Å². The van der Waals surface area contributed by atoms with Crippen LogP contribution in [0.4, 0.5) is 0 Å².